The van der Waals surface area contributed by atoms with Gasteiger partial charge in [-0.25, -0.2) is 4.98 Å². The summed E-state index contributed by atoms with van der Waals surface area (Å²) in [5.41, 5.74) is 1.39. The van der Waals surface area contributed by atoms with Gasteiger partial charge < -0.3 is 0 Å². The van der Waals surface area contributed by atoms with Crippen molar-refractivity contribution in [3.8, 4) is 0 Å². The lowest BCUT2D eigenvalue weighted by atomic mass is 9.99. The van der Waals surface area contributed by atoms with Crippen LogP contribution in [0.15, 0.2) is 23.0 Å². The van der Waals surface area contributed by atoms with Gasteiger partial charge >= 0.3 is 0 Å². The first-order chi connectivity index (χ1) is 11.4. The maximum atomic E-state index is 13.1. The zero-order chi connectivity index (χ0) is 17.4. The second kappa shape index (κ2) is 6.19. The number of fused-ring (bicyclic) bond motifs is 1. The molecular weight excluding hydrogens is 306 g/mol. The molecule has 0 radical (unpaired) electrons. The van der Waals surface area contributed by atoms with E-state index in [-0.39, 0.29) is 17.9 Å². The Hall–Kier alpha value is -2.50. The maximum absolute atomic E-state index is 13.1. The van der Waals surface area contributed by atoms with Crippen molar-refractivity contribution in [2.45, 2.75) is 46.1 Å². The lowest BCUT2D eigenvalue weighted by molar-refractivity contribution is -0.135. The summed E-state index contributed by atoms with van der Waals surface area (Å²) in [5.74, 6) is 0.166. The van der Waals surface area contributed by atoms with Crippen molar-refractivity contribution >= 4 is 22.7 Å². The fraction of sp³-hybridized carbons (Fsp3) is 0.444. The maximum Gasteiger partial charge on any atom is 0.262 e. The Morgan fingerprint density at radius 3 is 2.71 bits per heavy atom. The number of imide groups is 1. The van der Waals surface area contributed by atoms with Gasteiger partial charge in [-0.2, -0.15) is 0 Å². The Kier molecular flexibility index (Phi) is 4.22. The number of amides is 2. The number of hydrogen-bond donors (Lipinski definition) is 1. The minimum absolute atomic E-state index is 0.205. The molecule has 6 heteroatoms. The number of carbonyl (C=O) groups is 2. The Morgan fingerprint density at radius 1 is 1.29 bits per heavy atom. The number of carbonyl (C=O) groups excluding carboxylic acids is 2. The van der Waals surface area contributed by atoms with Crippen LogP contribution in [-0.4, -0.2) is 21.4 Å². The molecule has 1 aliphatic heterocycles. The van der Waals surface area contributed by atoms with Crippen molar-refractivity contribution in [2.75, 3.05) is 0 Å². The number of nitrogens with zero attached hydrogens (tertiary/aromatic N) is 2. The number of piperidine rings is 1. The summed E-state index contributed by atoms with van der Waals surface area (Å²) in [6.45, 7) is 5.91. The van der Waals surface area contributed by atoms with Crippen molar-refractivity contribution in [3.05, 3.63) is 39.9 Å². The predicted molar refractivity (Wildman–Crippen MR) is 90.7 cm³/mol. The number of hydrogen-bond acceptors (Lipinski definition) is 4. The van der Waals surface area contributed by atoms with E-state index >= 15 is 0 Å². The van der Waals surface area contributed by atoms with Gasteiger partial charge in [0.1, 0.15) is 11.9 Å². The van der Waals surface area contributed by atoms with Gasteiger partial charge in [0.2, 0.25) is 11.8 Å². The predicted octanol–water partition coefficient (Wildman–Crippen LogP) is 1.88. The molecule has 1 atom stereocenters. The number of aryl methyl sites for hydroxylation is 1. The highest BCUT2D eigenvalue weighted by Crippen LogP contribution is 2.22. The van der Waals surface area contributed by atoms with Gasteiger partial charge in [-0.1, -0.05) is 26.0 Å². The summed E-state index contributed by atoms with van der Waals surface area (Å²) >= 11 is 0. The van der Waals surface area contributed by atoms with Crippen LogP contribution >= 0.6 is 0 Å². The molecule has 1 aromatic carbocycles. The van der Waals surface area contributed by atoms with Gasteiger partial charge in [0, 0.05) is 6.42 Å². The summed E-state index contributed by atoms with van der Waals surface area (Å²) in [4.78, 5) is 41.2. The molecule has 126 valence electrons. The van der Waals surface area contributed by atoms with Crippen LogP contribution in [0.5, 0.6) is 0 Å². The molecule has 2 amide bonds. The van der Waals surface area contributed by atoms with E-state index in [9.17, 15) is 14.4 Å². The van der Waals surface area contributed by atoms with Gasteiger partial charge in [0.25, 0.3) is 5.56 Å². The molecule has 1 unspecified atom stereocenters. The van der Waals surface area contributed by atoms with Gasteiger partial charge in [0.15, 0.2) is 0 Å². The van der Waals surface area contributed by atoms with E-state index in [0.717, 1.165) is 12.0 Å². The van der Waals surface area contributed by atoms with E-state index in [1.165, 1.54) is 4.57 Å². The van der Waals surface area contributed by atoms with Crippen molar-refractivity contribution in [2.24, 2.45) is 5.92 Å². The second-order valence-corrected chi connectivity index (χ2v) is 6.71. The highest BCUT2D eigenvalue weighted by molar-refractivity contribution is 5.99. The average Bonchev–Trinajstić information content (AvgIpc) is 2.48. The smallest absolute Gasteiger partial charge is 0.262 e. The van der Waals surface area contributed by atoms with E-state index < -0.39 is 11.9 Å². The molecular formula is C18H21N3O3. The normalized spacial score (nSPS) is 18.2. The highest BCUT2D eigenvalue weighted by atomic mass is 16.2. The topological polar surface area (TPSA) is 81.1 Å². The molecule has 0 spiro atoms. The van der Waals surface area contributed by atoms with Gasteiger partial charge in [-0.15, -0.1) is 0 Å². The van der Waals surface area contributed by atoms with E-state index in [2.05, 4.69) is 24.1 Å². The van der Waals surface area contributed by atoms with Crippen LogP contribution in [-0.2, 0) is 16.0 Å². The molecule has 0 saturated carbocycles. The Balaban J connectivity index is 2.20. The van der Waals surface area contributed by atoms with Crippen molar-refractivity contribution < 1.29 is 9.59 Å². The Labute approximate surface area is 139 Å². The highest BCUT2D eigenvalue weighted by Gasteiger charge is 2.30. The fourth-order valence-electron chi connectivity index (χ4n) is 3.33. The van der Waals surface area contributed by atoms with Crippen LogP contribution in [0.4, 0.5) is 0 Å². The molecule has 24 heavy (non-hydrogen) atoms. The van der Waals surface area contributed by atoms with Crippen molar-refractivity contribution in [1.29, 1.82) is 0 Å². The van der Waals surface area contributed by atoms with Crippen LogP contribution in [0, 0.1) is 12.8 Å². The van der Waals surface area contributed by atoms with Crippen LogP contribution in [0.25, 0.3) is 10.9 Å². The van der Waals surface area contributed by atoms with E-state index in [0.29, 0.717) is 29.1 Å². The molecule has 0 aliphatic carbocycles. The molecule has 6 nitrogen and oxygen atoms in total. The van der Waals surface area contributed by atoms with E-state index in [1.54, 1.807) is 6.92 Å². The molecule has 1 fully saturated rings. The van der Waals surface area contributed by atoms with Crippen LogP contribution in [0.1, 0.15) is 44.1 Å². The molecule has 3 rings (SSSR count). The zero-order valence-electron chi connectivity index (χ0n) is 14.1. The molecule has 1 saturated heterocycles. The molecule has 1 aliphatic rings. The molecule has 0 bridgehead atoms. The number of benzene rings is 1. The molecule has 2 heterocycles. The van der Waals surface area contributed by atoms with Crippen LogP contribution < -0.4 is 10.9 Å². The largest absolute Gasteiger partial charge is 0.295 e. The third-order valence-corrected chi connectivity index (χ3v) is 4.34. The van der Waals surface area contributed by atoms with Gasteiger partial charge in [0.05, 0.1) is 10.9 Å². The van der Waals surface area contributed by atoms with Crippen molar-refractivity contribution in [1.82, 2.24) is 14.9 Å². The Bertz CT molecular complexity index is 883. The standard InChI is InChI=1S/C18H21N3O3/c1-10(2)9-12-5-4-6-13-16(12)18(24)21(11(3)19-13)14-7-8-15(22)20-17(14)23/h4-6,10,14H,7-9H2,1-3H3,(H,20,22,23). The molecule has 1 N–H and O–H groups in total. The number of rotatable bonds is 3. The lowest BCUT2D eigenvalue weighted by Crippen LogP contribution is -2.45. The van der Waals surface area contributed by atoms with Gasteiger partial charge in [-0.05, 0) is 37.3 Å². The summed E-state index contributed by atoms with van der Waals surface area (Å²) in [5, 5.41) is 2.88. The van der Waals surface area contributed by atoms with E-state index in [4.69, 9.17) is 0 Å². The summed E-state index contributed by atoms with van der Waals surface area (Å²) in [6, 6.07) is 4.99. The minimum Gasteiger partial charge on any atom is -0.295 e. The lowest BCUT2D eigenvalue weighted by Gasteiger charge is -2.24. The van der Waals surface area contributed by atoms with Crippen LogP contribution in [0.3, 0.4) is 0 Å². The quantitative estimate of drug-likeness (QED) is 0.873. The average molecular weight is 327 g/mol. The van der Waals surface area contributed by atoms with Crippen molar-refractivity contribution in [3.63, 3.8) is 0 Å². The SMILES string of the molecule is Cc1nc2cccc(CC(C)C)c2c(=O)n1C1CCC(=O)NC1=O. The summed E-state index contributed by atoms with van der Waals surface area (Å²) in [6.07, 6.45) is 1.32. The third-order valence-electron chi connectivity index (χ3n) is 4.34. The zero-order valence-corrected chi connectivity index (χ0v) is 14.1. The summed E-state index contributed by atoms with van der Waals surface area (Å²) < 4.78 is 1.44. The molecule has 2 aromatic rings. The second-order valence-electron chi connectivity index (χ2n) is 6.71. The minimum atomic E-state index is -0.681. The molecule has 1 aromatic heterocycles. The Morgan fingerprint density at radius 2 is 2.04 bits per heavy atom. The van der Waals surface area contributed by atoms with Crippen LogP contribution in [0.2, 0.25) is 0 Å². The monoisotopic (exact) mass is 327 g/mol. The third kappa shape index (κ3) is 2.84. The number of nitrogens with one attached hydrogen (secondary N) is 1. The first-order valence-electron chi connectivity index (χ1n) is 8.23. The van der Waals surface area contributed by atoms with Gasteiger partial charge in [-0.3, -0.25) is 24.3 Å². The number of aromatic nitrogens is 2. The fourth-order valence-corrected chi connectivity index (χ4v) is 3.33. The first kappa shape index (κ1) is 16.4. The summed E-state index contributed by atoms with van der Waals surface area (Å²) in [7, 11) is 0. The van der Waals surface area contributed by atoms with E-state index in [1.807, 2.05) is 18.2 Å². The first-order valence-corrected chi connectivity index (χ1v) is 8.23.